The molecule has 3 heterocycles. The summed E-state index contributed by atoms with van der Waals surface area (Å²) in [5.74, 6) is -0.216. The van der Waals surface area contributed by atoms with Crippen LogP contribution in [0.4, 0.5) is 11.4 Å². The minimum absolute atomic E-state index is 0.0842. The SMILES string of the molecule is CC(=O)N1C=Cc2ccccc2[C@H]1CC(=O)Nc1ccc(N2CCCCC2)c2ccncc12. The number of amides is 2. The average Bonchev–Trinajstić information content (AvgIpc) is 2.85. The van der Waals surface area contributed by atoms with E-state index in [-0.39, 0.29) is 24.3 Å². The second kappa shape index (κ2) is 9.06. The molecule has 0 bridgehead atoms. The number of carbonyl (C=O) groups is 2. The quantitative estimate of drug-likeness (QED) is 0.611. The zero-order chi connectivity index (χ0) is 22.8. The van der Waals surface area contributed by atoms with E-state index in [9.17, 15) is 9.59 Å². The fraction of sp³-hybridized carbons (Fsp3) is 0.296. The number of nitrogens with zero attached hydrogens (tertiary/aromatic N) is 3. The Balaban J connectivity index is 1.41. The first-order valence-electron chi connectivity index (χ1n) is 11.6. The van der Waals surface area contributed by atoms with Gasteiger partial charge in [0.25, 0.3) is 0 Å². The van der Waals surface area contributed by atoms with Gasteiger partial charge in [0.15, 0.2) is 0 Å². The van der Waals surface area contributed by atoms with Crippen LogP contribution in [-0.4, -0.2) is 34.8 Å². The maximum absolute atomic E-state index is 13.2. The predicted octanol–water partition coefficient (Wildman–Crippen LogP) is 5.13. The third kappa shape index (κ3) is 4.21. The largest absolute Gasteiger partial charge is 0.371 e. The molecule has 0 saturated carbocycles. The molecule has 1 saturated heterocycles. The Morgan fingerprint density at radius 2 is 1.85 bits per heavy atom. The van der Waals surface area contributed by atoms with Gasteiger partial charge in [-0.2, -0.15) is 0 Å². The lowest BCUT2D eigenvalue weighted by molar-refractivity contribution is -0.129. The summed E-state index contributed by atoms with van der Waals surface area (Å²) in [6, 6.07) is 13.7. The van der Waals surface area contributed by atoms with E-state index in [1.807, 2.05) is 48.7 Å². The van der Waals surface area contributed by atoms with Crippen LogP contribution in [0.2, 0.25) is 0 Å². The van der Waals surface area contributed by atoms with Crippen LogP contribution in [0.3, 0.4) is 0 Å². The van der Waals surface area contributed by atoms with Gasteiger partial charge in [-0.3, -0.25) is 14.6 Å². The highest BCUT2D eigenvalue weighted by atomic mass is 16.2. The van der Waals surface area contributed by atoms with Gasteiger partial charge < -0.3 is 15.1 Å². The van der Waals surface area contributed by atoms with Crippen molar-refractivity contribution < 1.29 is 9.59 Å². The normalized spacial score (nSPS) is 17.7. The Kier molecular flexibility index (Phi) is 5.82. The first-order valence-corrected chi connectivity index (χ1v) is 11.6. The molecule has 3 aromatic rings. The second-order valence-electron chi connectivity index (χ2n) is 8.74. The number of benzene rings is 2. The third-order valence-corrected chi connectivity index (χ3v) is 6.61. The van der Waals surface area contributed by atoms with Crippen molar-refractivity contribution in [3.63, 3.8) is 0 Å². The van der Waals surface area contributed by atoms with Crippen LogP contribution in [0, 0.1) is 0 Å². The van der Waals surface area contributed by atoms with Gasteiger partial charge >= 0.3 is 0 Å². The van der Waals surface area contributed by atoms with Gasteiger partial charge in [0.1, 0.15) is 0 Å². The average molecular weight is 441 g/mol. The minimum Gasteiger partial charge on any atom is -0.371 e. The first kappa shape index (κ1) is 21.2. The Morgan fingerprint density at radius 3 is 2.67 bits per heavy atom. The molecule has 0 aliphatic carbocycles. The molecule has 2 aliphatic rings. The second-order valence-corrected chi connectivity index (χ2v) is 8.74. The molecule has 168 valence electrons. The van der Waals surface area contributed by atoms with Crippen molar-refractivity contribution in [1.82, 2.24) is 9.88 Å². The summed E-state index contributed by atoms with van der Waals surface area (Å²) in [4.78, 5) is 33.8. The van der Waals surface area contributed by atoms with Crippen LogP contribution >= 0.6 is 0 Å². The van der Waals surface area contributed by atoms with Crippen molar-refractivity contribution in [3.8, 4) is 0 Å². The smallest absolute Gasteiger partial charge is 0.226 e. The van der Waals surface area contributed by atoms with E-state index < -0.39 is 0 Å². The lowest BCUT2D eigenvalue weighted by atomic mass is 9.93. The molecule has 2 amide bonds. The number of rotatable bonds is 4. The monoisotopic (exact) mass is 440 g/mol. The lowest BCUT2D eigenvalue weighted by Gasteiger charge is -2.32. The van der Waals surface area contributed by atoms with E-state index >= 15 is 0 Å². The van der Waals surface area contributed by atoms with E-state index in [1.54, 1.807) is 17.3 Å². The number of carbonyl (C=O) groups excluding carboxylic acids is 2. The molecule has 33 heavy (non-hydrogen) atoms. The van der Waals surface area contributed by atoms with Crippen molar-refractivity contribution in [2.75, 3.05) is 23.3 Å². The summed E-state index contributed by atoms with van der Waals surface area (Å²) in [7, 11) is 0. The number of piperidine rings is 1. The summed E-state index contributed by atoms with van der Waals surface area (Å²) < 4.78 is 0. The molecule has 0 radical (unpaired) electrons. The molecule has 1 fully saturated rings. The molecule has 2 aromatic carbocycles. The number of pyridine rings is 1. The van der Waals surface area contributed by atoms with Crippen molar-refractivity contribution >= 4 is 40.0 Å². The predicted molar refractivity (Wildman–Crippen MR) is 132 cm³/mol. The van der Waals surface area contributed by atoms with Gasteiger partial charge in [-0.1, -0.05) is 24.3 Å². The zero-order valence-corrected chi connectivity index (χ0v) is 18.8. The standard InChI is InChI=1S/C27H28N4O2/c1-19(32)31-16-12-20-7-3-4-8-21(20)26(31)17-27(33)29-24-9-10-25(30-14-5-2-6-15-30)22-11-13-28-18-23(22)24/h3-4,7-13,16,18,26H,2,5-6,14-15,17H2,1H3,(H,29,33)/t26-/m1/s1. The third-order valence-electron chi connectivity index (χ3n) is 6.61. The summed E-state index contributed by atoms with van der Waals surface area (Å²) in [6.07, 6.45) is 11.2. The Morgan fingerprint density at radius 1 is 1.03 bits per heavy atom. The summed E-state index contributed by atoms with van der Waals surface area (Å²) >= 11 is 0. The maximum Gasteiger partial charge on any atom is 0.226 e. The number of nitrogens with one attached hydrogen (secondary N) is 1. The molecule has 0 spiro atoms. The maximum atomic E-state index is 13.2. The number of hydrogen-bond acceptors (Lipinski definition) is 4. The summed E-state index contributed by atoms with van der Waals surface area (Å²) in [6.45, 7) is 3.64. The van der Waals surface area contributed by atoms with Crippen molar-refractivity contribution in [3.05, 3.63) is 72.2 Å². The van der Waals surface area contributed by atoms with Crippen LogP contribution < -0.4 is 10.2 Å². The number of aromatic nitrogens is 1. The van der Waals surface area contributed by atoms with Gasteiger partial charge in [0.2, 0.25) is 11.8 Å². The molecular weight excluding hydrogens is 412 g/mol. The molecule has 1 aromatic heterocycles. The molecule has 6 nitrogen and oxygen atoms in total. The van der Waals surface area contributed by atoms with Crippen molar-refractivity contribution in [1.29, 1.82) is 0 Å². The minimum atomic E-state index is -0.333. The van der Waals surface area contributed by atoms with Gasteiger partial charge in [-0.15, -0.1) is 0 Å². The van der Waals surface area contributed by atoms with E-state index in [2.05, 4.69) is 21.3 Å². The Hall–Kier alpha value is -3.67. The topological polar surface area (TPSA) is 65.5 Å². The van der Waals surface area contributed by atoms with Gasteiger partial charge in [-0.25, -0.2) is 0 Å². The van der Waals surface area contributed by atoms with E-state index in [0.29, 0.717) is 0 Å². The first-order chi connectivity index (χ1) is 16.1. The molecule has 5 rings (SSSR count). The zero-order valence-electron chi connectivity index (χ0n) is 18.8. The van der Waals surface area contributed by atoms with Crippen LogP contribution in [0.25, 0.3) is 16.8 Å². The highest BCUT2D eigenvalue weighted by Gasteiger charge is 2.28. The van der Waals surface area contributed by atoms with Crippen LogP contribution in [0.5, 0.6) is 0 Å². The molecule has 6 heteroatoms. The van der Waals surface area contributed by atoms with Crippen molar-refractivity contribution in [2.45, 2.75) is 38.6 Å². The van der Waals surface area contributed by atoms with Crippen LogP contribution in [0.1, 0.15) is 49.8 Å². The molecule has 2 aliphatic heterocycles. The summed E-state index contributed by atoms with van der Waals surface area (Å²) in [5.41, 5.74) is 3.96. The Labute approximate surface area is 193 Å². The van der Waals surface area contributed by atoms with Crippen LogP contribution in [0.15, 0.2) is 61.1 Å². The summed E-state index contributed by atoms with van der Waals surface area (Å²) in [5, 5.41) is 5.12. The molecular formula is C27H28N4O2. The number of hydrogen-bond donors (Lipinski definition) is 1. The van der Waals surface area contributed by atoms with E-state index in [1.165, 1.54) is 31.9 Å². The van der Waals surface area contributed by atoms with Gasteiger partial charge in [-0.05, 0) is 54.7 Å². The van der Waals surface area contributed by atoms with Gasteiger partial charge in [0.05, 0.1) is 18.2 Å². The Bertz CT molecular complexity index is 1230. The highest BCUT2D eigenvalue weighted by Crippen LogP contribution is 2.35. The van der Waals surface area contributed by atoms with Crippen LogP contribution in [-0.2, 0) is 9.59 Å². The fourth-order valence-electron chi connectivity index (χ4n) is 4.98. The van der Waals surface area contributed by atoms with Gasteiger partial charge in [0, 0.05) is 55.1 Å². The van der Waals surface area contributed by atoms with E-state index in [0.717, 1.165) is 40.7 Å². The fourth-order valence-corrected chi connectivity index (χ4v) is 4.98. The molecule has 1 N–H and O–H groups in total. The lowest BCUT2D eigenvalue weighted by Crippen LogP contribution is -2.33. The van der Waals surface area contributed by atoms with Crippen molar-refractivity contribution in [2.24, 2.45) is 0 Å². The highest BCUT2D eigenvalue weighted by molar-refractivity contribution is 6.06. The number of fused-ring (bicyclic) bond motifs is 2. The number of anilines is 2. The van der Waals surface area contributed by atoms with E-state index in [4.69, 9.17) is 0 Å². The molecule has 0 unspecified atom stereocenters. The molecule has 1 atom stereocenters.